The molecule has 2 heterocycles. The third-order valence-corrected chi connectivity index (χ3v) is 3.09. The van der Waals surface area contributed by atoms with E-state index >= 15 is 0 Å². The van der Waals surface area contributed by atoms with Crippen molar-refractivity contribution in [2.24, 2.45) is 0 Å². The van der Waals surface area contributed by atoms with Gasteiger partial charge in [-0.3, -0.25) is 0 Å². The molecule has 0 amide bonds. The SMILES string of the molecule is CCOC(=O)C1=C(C(=O)O)C2C=CC1(CC)O2. The van der Waals surface area contributed by atoms with Crippen LogP contribution in [-0.2, 0) is 19.1 Å². The fourth-order valence-corrected chi connectivity index (χ4v) is 2.31. The molecule has 0 saturated carbocycles. The predicted octanol–water partition coefficient (Wildman–Crippen LogP) is 1.05. The van der Waals surface area contributed by atoms with E-state index in [4.69, 9.17) is 14.6 Å². The van der Waals surface area contributed by atoms with E-state index in [9.17, 15) is 9.59 Å². The molecular weight excluding hydrogens is 224 g/mol. The first-order valence-corrected chi connectivity index (χ1v) is 5.58. The minimum atomic E-state index is -1.13. The molecule has 0 fully saturated rings. The molecule has 0 saturated heterocycles. The van der Waals surface area contributed by atoms with E-state index < -0.39 is 23.6 Å². The van der Waals surface area contributed by atoms with Crippen molar-refractivity contribution in [1.82, 2.24) is 0 Å². The maximum absolute atomic E-state index is 11.9. The summed E-state index contributed by atoms with van der Waals surface area (Å²) in [5, 5.41) is 9.15. The van der Waals surface area contributed by atoms with Crippen molar-refractivity contribution < 1.29 is 24.2 Å². The van der Waals surface area contributed by atoms with E-state index in [0.29, 0.717) is 6.42 Å². The van der Waals surface area contributed by atoms with Crippen LogP contribution in [0.2, 0.25) is 0 Å². The molecule has 5 nitrogen and oxygen atoms in total. The third-order valence-electron chi connectivity index (χ3n) is 3.09. The lowest BCUT2D eigenvalue weighted by Crippen LogP contribution is -2.32. The van der Waals surface area contributed by atoms with Crippen LogP contribution in [0.5, 0.6) is 0 Å². The quantitative estimate of drug-likeness (QED) is 0.585. The number of carboxylic acids is 1. The first-order chi connectivity index (χ1) is 8.05. The van der Waals surface area contributed by atoms with Crippen LogP contribution in [-0.4, -0.2) is 35.4 Å². The summed E-state index contributed by atoms with van der Waals surface area (Å²) in [6.45, 7) is 3.74. The number of ether oxygens (including phenoxy) is 2. The predicted molar refractivity (Wildman–Crippen MR) is 58.3 cm³/mol. The van der Waals surface area contributed by atoms with Crippen molar-refractivity contribution in [2.75, 3.05) is 6.61 Å². The summed E-state index contributed by atoms with van der Waals surface area (Å²) < 4.78 is 10.5. The van der Waals surface area contributed by atoms with Gasteiger partial charge < -0.3 is 14.6 Å². The summed E-state index contributed by atoms with van der Waals surface area (Å²) in [5.41, 5.74) is -0.764. The number of esters is 1. The molecule has 2 aliphatic heterocycles. The zero-order valence-corrected chi connectivity index (χ0v) is 9.73. The molecule has 0 spiro atoms. The maximum atomic E-state index is 11.9. The number of hydrogen-bond donors (Lipinski definition) is 1. The molecule has 2 rings (SSSR count). The normalized spacial score (nSPS) is 29.9. The molecule has 17 heavy (non-hydrogen) atoms. The Labute approximate surface area is 98.7 Å². The van der Waals surface area contributed by atoms with Gasteiger partial charge in [-0.05, 0) is 19.4 Å². The van der Waals surface area contributed by atoms with Gasteiger partial charge >= 0.3 is 11.9 Å². The molecule has 2 bridgehead atoms. The van der Waals surface area contributed by atoms with Crippen LogP contribution in [0.1, 0.15) is 20.3 Å². The Hall–Kier alpha value is -1.62. The standard InChI is InChI=1S/C12H14O5/c1-3-12-6-5-7(17-12)8(10(13)14)9(12)11(15)16-4-2/h5-7H,3-4H2,1-2H3,(H,13,14). The lowest BCUT2D eigenvalue weighted by molar-refractivity contribution is -0.141. The van der Waals surface area contributed by atoms with E-state index in [0.717, 1.165) is 0 Å². The first kappa shape index (κ1) is 11.9. The van der Waals surface area contributed by atoms with Gasteiger partial charge in [0.25, 0.3) is 0 Å². The average Bonchev–Trinajstić information content (AvgIpc) is 2.84. The summed E-state index contributed by atoms with van der Waals surface area (Å²) in [4.78, 5) is 23.0. The second-order valence-corrected chi connectivity index (χ2v) is 3.95. The van der Waals surface area contributed by atoms with Gasteiger partial charge in [-0.1, -0.05) is 13.0 Å². The van der Waals surface area contributed by atoms with Gasteiger partial charge in [0.1, 0.15) is 11.7 Å². The molecule has 2 aliphatic rings. The highest BCUT2D eigenvalue weighted by Crippen LogP contribution is 2.45. The molecule has 5 heteroatoms. The zero-order valence-electron chi connectivity index (χ0n) is 9.73. The fourth-order valence-electron chi connectivity index (χ4n) is 2.31. The molecule has 92 valence electrons. The summed E-state index contributed by atoms with van der Waals surface area (Å²) in [7, 11) is 0. The van der Waals surface area contributed by atoms with Crippen molar-refractivity contribution in [3.05, 3.63) is 23.3 Å². The monoisotopic (exact) mass is 238 g/mol. The number of aliphatic carboxylic acids is 1. The smallest absolute Gasteiger partial charge is 0.337 e. The van der Waals surface area contributed by atoms with Gasteiger partial charge in [-0.2, -0.15) is 0 Å². The number of rotatable bonds is 4. The average molecular weight is 238 g/mol. The summed E-state index contributed by atoms with van der Waals surface area (Å²) in [6.07, 6.45) is 3.30. The van der Waals surface area contributed by atoms with E-state index in [1.807, 2.05) is 6.92 Å². The fraction of sp³-hybridized carbons (Fsp3) is 0.500. The van der Waals surface area contributed by atoms with Crippen molar-refractivity contribution in [3.8, 4) is 0 Å². The maximum Gasteiger partial charge on any atom is 0.337 e. The molecule has 0 aromatic carbocycles. The minimum absolute atomic E-state index is 0.00722. The molecule has 0 aliphatic carbocycles. The highest BCUT2D eigenvalue weighted by atomic mass is 16.5. The van der Waals surface area contributed by atoms with Crippen LogP contribution in [0.25, 0.3) is 0 Å². The topological polar surface area (TPSA) is 72.8 Å². The number of carboxylic acid groups (broad SMARTS) is 1. The number of fused-ring (bicyclic) bond motifs is 2. The van der Waals surface area contributed by atoms with E-state index in [1.54, 1.807) is 19.1 Å². The van der Waals surface area contributed by atoms with Crippen molar-refractivity contribution in [3.63, 3.8) is 0 Å². The van der Waals surface area contributed by atoms with Crippen LogP contribution in [0.15, 0.2) is 23.3 Å². The van der Waals surface area contributed by atoms with Gasteiger partial charge in [0.2, 0.25) is 0 Å². The lowest BCUT2D eigenvalue weighted by Gasteiger charge is -2.23. The Morgan fingerprint density at radius 3 is 2.76 bits per heavy atom. The Morgan fingerprint density at radius 1 is 1.53 bits per heavy atom. The summed E-state index contributed by atoms with van der Waals surface area (Å²) in [6, 6.07) is 0. The van der Waals surface area contributed by atoms with Gasteiger partial charge in [0.15, 0.2) is 0 Å². The minimum Gasteiger partial charge on any atom is -0.478 e. The van der Waals surface area contributed by atoms with Crippen molar-refractivity contribution >= 4 is 11.9 Å². The van der Waals surface area contributed by atoms with Crippen molar-refractivity contribution in [1.29, 1.82) is 0 Å². The van der Waals surface area contributed by atoms with Gasteiger partial charge in [0, 0.05) is 0 Å². The Balaban J connectivity index is 2.47. The second-order valence-electron chi connectivity index (χ2n) is 3.95. The molecule has 2 unspecified atom stereocenters. The first-order valence-electron chi connectivity index (χ1n) is 5.58. The zero-order chi connectivity index (χ0) is 12.6. The highest BCUT2D eigenvalue weighted by molar-refractivity contribution is 6.04. The lowest BCUT2D eigenvalue weighted by atomic mass is 9.85. The third kappa shape index (κ3) is 1.58. The van der Waals surface area contributed by atoms with Gasteiger partial charge in [-0.25, -0.2) is 9.59 Å². The van der Waals surface area contributed by atoms with E-state index in [2.05, 4.69) is 0 Å². The van der Waals surface area contributed by atoms with Crippen LogP contribution in [0, 0.1) is 0 Å². The van der Waals surface area contributed by atoms with Gasteiger partial charge in [0.05, 0.1) is 17.8 Å². The van der Waals surface area contributed by atoms with Crippen LogP contribution in [0.3, 0.4) is 0 Å². The Bertz CT molecular complexity index is 434. The Morgan fingerprint density at radius 2 is 2.24 bits per heavy atom. The number of carbonyl (C=O) groups is 2. The highest BCUT2D eigenvalue weighted by Gasteiger charge is 2.53. The molecule has 2 atom stereocenters. The largest absolute Gasteiger partial charge is 0.478 e. The second kappa shape index (κ2) is 4.00. The van der Waals surface area contributed by atoms with Crippen LogP contribution in [0.4, 0.5) is 0 Å². The molecule has 0 aromatic heterocycles. The molecule has 0 radical (unpaired) electrons. The molecular formula is C12H14O5. The van der Waals surface area contributed by atoms with E-state index in [1.165, 1.54) is 0 Å². The molecule has 0 aromatic rings. The van der Waals surface area contributed by atoms with Gasteiger partial charge in [-0.15, -0.1) is 0 Å². The summed E-state index contributed by atoms with van der Waals surface area (Å²) >= 11 is 0. The van der Waals surface area contributed by atoms with Crippen molar-refractivity contribution in [2.45, 2.75) is 32.0 Å². The van der Waals surface area contributed by atoms with Crippen LogP contribution < -0.4 is 0 Å². The Kier molecular flexibility index (Phi) is 2.79. The number of hydrogen-bond acceptors (Lipinski definition) is 4. The summed E-state index contributed by atoms with van der Waals surface area (Å²) in [5.74, 6) is -1.73. The number of carbonyl (C=O) groups excluding carboxylic acids is 1. The van der Waals surface area contributed by atoms with Crippen LogP contribution >= 0.6 is 0 Å². The van der Waals surface area contributed by atoms with E-state index in [-0.39, 0.29) is 17.8 Å². The molecule has 1 N–H and O–H groups in total.